The maximum absolute atomic E-state index is 12.3. The van der Waals surface area contributed by atoms with Crippen molar-refractivity contribution in [2.45, 2.75) is 97.4 Å². The van der Waals surface area contributed by atoms with Crippen LogP contribution < -0.4 is 4.74 Å². The molecule has 9 heteroatoms. The highest BCUT2D eigenvalue weighted by atomic mass is 16.5. The minimum atomic E-state index is -0.833. The molecule has 0 bridgehead atoms. The van der Waals surface area contributed by atoms with Gasteiger partial charge in [-0.15, -0.1) is 0 Å². The standard InChI is InChI=1S/C30H34N2O3.C18H22O2.C2H4O2/c1-22-28-20-26(34)12-15-29(28)32(30(22)24-8-10-25(33)11-9-24)21-23-6-13-27(14-7-23)35-19-18-31-16-4-2-3-5-17-31;1-18-9-8-14-13-5-3-12(19)10-11(13)2-4-15(14)16(18)6-7-17(18)20;1-2(3)4/h6-15,20,33-34H,2-5,16-19,21H2,1H3;3,5,10,14-16,19H,2,4,6-9H2,1H3;1H3,(H,3,4)/t;14-,15-,16+,18+;/m.1./s1. The summed E-state index contributed by atoms with van der Waals surface area (Å²) in [5.41, 5.74) is 8.22. The number of benzene rings is 4. The van der Waals surface area contributed by atoms with Crippen molar-refractivity contribution in [3.63, 3.8) is 0 Å². The molecule has 0 radical (unpaired) electrons. The highest BCUT2D eigenvalue weighted by Gasteiger charge is 2.54. The molecule has 1 saturated heterocycles. The van der Waals surface area contributed by atoms with E-state index in [2.05, 4.69) is 53.6 Å². The number of phenolic OH excluding ortho intramolecular Hbond substituents is 3. The van der Waals surface area contributed by atoms with E-state index in [9.17, 15) is 20.1 Å². The van der Waals surface area contributed by atoms with Gasteiger partial charge in [-0.3, -0.25) is 14.5 Å². The lowest BCUT2D eigenvalue weighted by molar-refractivity contribution is -0.134. The number of hydrogen-bond acceptors (Lipinski definition) is 7. The third-order valence-corrected chi connectivity index (χ3v) is 13.5. The normalized spacial score (nSPS) is 22.4. The molecule has 9 nitrogen and oxygen atoms in total. The second kappa shape index (κ2) is 18.3. The smallest absolute Gasteiger partial charge is 0.300 e. The number of fused-ring (bicyclic) bond motifs is 6. The lowest BCUT2D eigenvalue weighted by Gasteiger charge is -2.48. The van der Waals surface area contributed by atoms with Gasteiger partial charge in [0.1, 0.15) is 35.4 Å². The fourth-order valence-electron chi connectivity index (χ4n) is 10.5. The van der Waals surface area contributed by atoms with E-state index in [1.54, 1.807) is 18.2 Å². The zero-order chi connectivity index (χ0) is 41.7. The zero-order valence-electron chi connectivity index (χ0n) is 34.8. The lowest BCUT2D eigenvalue weighted by Crippen LogP contribution is -2.42. The highest BCUT2D eigenvalue weighted by molar-refractivity contribution is 5.92. The molecule has 1 aromatic heterocycles. The Morgan fingerprint density at radius 1 is 0.814 bits per heavy atom. The van der Waals surface area contributed by atoms with Crippen LogP contribution in [0.4, 0.5) is 0 Å². The van der Waals surface area contributed by atoms with Crippen LogP contribution in [0.15, 0.2) is 84.9 Å². The maximum atomic E-state index is 12.3. The third-order valence-electron chi connectivity index (χ3n) is 13.5. The molecule has 2 heterocycles. The van der Waals surface area contributed by atoms with Crippen LogP contribution in [0.2, 0.25) is 0 Å². The topological polar surface area (TPSA) is 132 Å². The first kappa shape index (κ1) is 41.9. The van der Waals surface area contributed by atoms with Crippen molar-refractivity contribution in [1.29, 1.82) is 0 Å². The van der Waals surface area contributed by atoms with Gasteiger partial charge in [0.05, 0.1) is 5.69 Å². The van der Waals surface area contributed by atoms with Crippen LogP contribution in [0.25, 0.3) is 22.2 Å². The van der Waals surface area contributed by atoms with Crippen LogP contribution in [0, 0.1) is 24.2 Å². The number of phenols is 3. The van der Waals surface area contributed by atoms with Gasteiger partial charge in [0.2, 0.25) is 0 Å². The Hall–Kier alpha value is -5.28. The van der Waals surface area contributed by atoms with Crippen molar-refractivity contribution in [3.05, 3.63) is 107 Å². The van der Waals surface area contributed by atoms with Crippen LogP contribution in [0.5, 0.6) is 23.0 Å². The van der Waals surface area contributed by atoms with Crippen molar-refractivity contribution >= 4 is 22.7 Å². The summed E-state index contributed by atoms with van der Waals surface area (Å²) >= 11 is 0. The van der Waals surface area contributed by atoms with E-state index in [4.69, 9.17) is 14.6 Å². The number of aromatic hydroxyl groups is 3. The fourth-order valence-corrected chi connectivity index (χ4v) is 10.5. The number of nitrogens with zero attached hydrogens (tertiary/aromatic N) is 2. The maximum Gasteiger partial charge on any atom is 0.300 e. The first-order valence-electron chi connectivity index (χ1n) is 21.5. The van der Waals surface area contributed by atoms with Gasteiger partial charge >= 0.3 is 0 Å². The summed E-state index contributed by atoms with van der Waals surface area (Å²) in [5, 5.41) is 38.0. The SMILES string of the molecule is CC(=O)O.C[C@]12CC[C@@H]3c4ccc(O)cc4CC[C@H]3[C@@H]1CCC2=O.Cc1c(-c2ccc(O)cc2)n(Cc2ccc(OCCN3CCCCCC3)cc2)c2ccc(O)cc12. The van der Waals surface area contributed by atoms with E-state index in [0.717, 1.165) is 85.7 Å². The van der Waals surface area contributed by atoms with Crippen molar-refractivity contribution in [2.24, 2.45) is 17.3 Å². The molecular weight excluding hydrogens is 741 g/mol. The Morgan fingerprint density at radius 3 is 2.19 bits per heavy atom. The largest absolute Gasteiger partial charge is 0.508 e. The number of Topliss-reactive ketones (excluding diaryl/α,β-unsaturated/α-hetero) is 1. The third kappa shape index (κ3) is 9.46. The molecule has 59 heavy (non-hydrogen) atoms. The monoisotopic (exact) mass is 800 g/mol. The van der Waals surface area contributed by atoms with E-state index in [1.807, 2.05) is 36.4 Å². The Labute approximate surface area is 348 Å². The molecular formula is C50H60N2O7. The average molecular weight is 801 g/mol. The summed E-state index contributed by atoms with van der Waals surface area (Å²) in [6.45, 7) is 10.2. The van der Waals surface area contributed by atoms with Crippen molar-refractivity contribution in [3.8, 4) is 34.3 Å². The van der Waals surface area contributed by atoms with Crippen molar-refractivity contribution in [1.82, 2.24) is 9.47 Å². The number of carbonyl (C=O) groups excluding carboxylic acids is 1. The number of carboxylic acids is 1. The van der Waals surface area contributed by atoms with Crippen LogP contribution >= 0.6 is 0 Å². The predicted molar refractivity (Wildman–Crippen MR) is 232 cm³/mol. The summed E-state index contributed by atoms with van der Waals surface area (Å²) in [6.07, 6.45) is 11.6. The molecule has 4 N–H and O–H groups in total. The van der Waals surface area contributed by atoms with Crippen LogP contribution in [0.3, 0.4) is 0 Å². The van der Waals surface area contributed by atoms with E-state index >= 15 is 0 Å². The van der Waals surface area contributed by atoms with Gasteiger partial charge in [0, 0.05) is 42.8 Å². The molecule has 3 aliphatic carbocycles. The summed E-state index contributed by atoms with van der Waals surface area (Å²) in [6, 6.07) is 27.1. The first-order chi connectivity index (χ1) is 28.4. The second-order valence-corrected chi connectivity index (χ2v) is 17.3. The molecule has 0 amide bonds. The Bertz CT molecular complexity index is 2230. The molecule has 0 unspecified atom stereocenters. The Balaban J connectivity index is 0.000000184. The zero-order valence-corrected chi connectivity index (χ0v) is 34.8. The summed E-state index contributed by atoms with van der Waals surface area (Å²) in [5.74, 6) is 3.36. The van der Waals surface area contributed by atoms with E-state index < -0.39 is 5.97 Å². The number of aromatic nitrogens is 1. The molecule has 3 fully saturated rings. The number of rotatable bonds is 7. The number of carbonyl (C=O) groups is 2. The molecule has 1 aliphatic heterocycles. The summed E-state index contributed by atoms with van der Waals surface area (Å²) in [4.78, 5) is 23.8. The number of likely N-dealkylation sites (tertiary alicyclic amines) is 1. The van der Waals surface area contributed by atoms with E-state index in [0.29, 0.717) is 35.8 Å². The minimum absolute atomic E-state index is 0.0322. The average Bonchev–Trinajstić information content (AvgIpc) is 3.50. The lowest BCUT2D eigenvalue weighted by atomic mass is 9.55. The fraction of sp³-hybridized carbons (Fsp3) is 0.440. The Morgan fingerprint density at radius 2 is 1.47 bits per heavy atom. The van der Waals surface area contributed by atoms with Gasteiger partial charge in [-0.05, 0) is 177 Å². The number of carboxylic acid groups (broad SMARTS) is 1. The highest BCUT2D eigenvalue weighted by Crippen LogP contribution is 2.59. The van der Waals surface area contributed by atoms with Gasteiger partial charge in [-0.2, -0.15) is 0 Å². The predicted octanol–water partition coefficient (Wildman–Crippen LogP) is 10.2. The van der Waals surface area contributed by atoms with Crippen LogP contribution in [0.1, 0.15) is 99.8 Å². The van der Waals surface area contributed by atoms with Gasteiger partial charge in [0.25, 0.3) is 5.97 Å². The van der Waals surface area contributed by atoms with Crippen molar-refractivity contribution < 1.29 is 34.8 Å². The molecule has 4 atom stereocenters. The molecule has 5 aromatic rings. The van der Waals surface area contributed by atoms with E-state index in [-0.39, 0.29) is 16.9 Å². The van der Waals surface area contributed by atoms with E-state index in [1.165, 1.54) is 61.9 Å². The minimum Gasteiger partial charge on any atom is -0.508 e. The molecule has 2 saturated carbocycles. The van der Waals surface area contributed by atoms with Gasteiger partial charge in [-0.1, -0.05) is 38.0 Å². The molecule has 0 spiro atoms. The number of ether oxygens (including phenoxy) is 1. The number of ketones is 1. The van der Waals surface area contributed by atoms with Crippen LogP contribution in [-0.2, 0) is 22.6 Å². The number of aryl methyl sites for hydroxylation is 2. The molecule has 312 valence electrons. The molecule has 4 aliphatic rings. The first-order valence-corrected chi connectivity index (χ1v) is 21.5. The van der Waals surface area contributed by atoms with Crippen molar-refractivity contribution in [2.75, 3.05) is 26.2 Å². The molecule has 9 rings (SSSR count). The van der Waals surface area contributed by atoms with Crippen LogP contribution in [-0.4, -0.2) is 67.9 Å². The summed E-state index contributed by atoms with van der Waals surface area (Å²) < 4.78 is 8.33. The second-order valence-electron chi connectivity index (χ2n) is 17.3. The van der Waals surface area contributed by atoms with Gasteiger partial charge in [-0.25, -0.2) is 0 Å². The summed E-state index contributed by atoms with van der Waals surface area (Å²) in [7, 11) is 0. The molecule has 4 aromatic carbocycles. The quantitative estimate of drug-likeness (QED) is 0.128. The van der Waals surface area contributed by atoms with Gasteiger partial charge < -0.3 is 29.7 Å². The number of aliphatic carboxylic acids is 1. The van der Waals surface area contributed by atoms with Gasteiger partial charge in [0.15, 0.2) is 0 Å². The number of hydrogen-bond donors (Lipinski definition) is 4. The Kier molecular flexibility index (Phi) is 13.0.